The van der Waals surface area contributed by atoms with Gasteiger partial charge in [-0.1, -0.05) is 26.2 Å². The van der Waals surface area contributed by atoms with Crippen LogP contribution in [0.5, 0.6) is 0 Å². The van der Waals surface area contributed by atoms with E-state index in [9.17, 15) is 9.59 Å². The molecule has 4 N–H and O–H groups in total. The molecule has 1 aliphatic carbocycles. The maximum atomic E-state index is 12.1. The molecule has 1 amide bonds. The highest BCUT2D eigenvalue weighted by Gasteiger charge is 2.37. The van der Waals surface area contributed by atoms with Gasteiger partial charge in [-0.2, -0.15) is 0 Å². The molecular weight excluding hydrogens is 256 g/mol. The summed E-state index contributed by atoms with van der Waals surface area (Å²) in [6, 6.07) is 0. The lowest BCUT2D eigenvalue weighted by Gasteiger charge is -2.29. The van der Waals surface area contributed by atoms with Gasteiger partial charge in [-0.15, -0.1) is 0 Å². The van der Waals surface area contributed by atoms with Gasteiger partial charge >= 0.3 is 5.97 Å². The Hall–Kier alpha value is -1.10. The molecule has 1 unspecified atom stereocenters. The molecule has 1 saturated carbocycles. The zero-order chi connectivity index (χ0) is 15.0. The van der Waals surface area contributed by atoms with Gasteiger partial charge in [0.15, 0.2) is 0 Å². The van der Waals surface area contributed by atoms with Crippen LogP contribution in [0.25, 0.3) is 0 Å². The van der Waals surface area contributed by atoms with Crippen molar-refractivity contribution in [3.63, 3.8) is 0 Å². The Morgan fingerprint density at radius 1 is 1.30 bits per heavy atom. The molecule has 116 valence electrons. The summed E-state index contributed by atoms with van der Waals surface area (Å²) in [4.78, 5) is 23.0. The molecule has 0 aliphatic heterocycles. The van der Waals surface area contributed by atoms with E-state index in [0.717, 1.165) is 44.9 Å². The molecule has 0 bridgehead atoms. The minimum Gasteiger partial charge on any atom is -0.481 e. The highest BCUT2D eigenvalue weighted by Crippen LogP contribution is 2.32. The van der Waals surface area contributed by atoms with E-state index in [0.29, 0.717) is 18.9 Å². The summed E-state index contributed by atoms with van der Waals surface area (Å²) in [5.41, 5.74) is 5.05. The second-order valence-electron chi connectivity index (χ2n) is 6.00. The van der Waals surface area contributed by atoms with Crippen molar-refractivity contribution >= 4 is 11.9 Å². The molecule has 0 radical (unpaired) electrons. The van der Waals surface area contributed by atoms with Crippen molar-refractivity contribution in [1.82, 2.24) is 5.32 Å². The van der Waals surface area contributed by atoms with Crippen LogP contribution in [0, 0.1) is 5.92 Å². The van der Waals surface area contributed by atoms with Gasteiger partial charge < -0.3 is 16.2 Å². The van der Waals surface area contributed by atoms with Crippen LogP contribution in [0.15, 0.2) is 0 Å². The molecule has 0 saturated heterocycles. The first kappa shape index (κ1) is 17.0. The minimum absolute atomic E-state index is 0.0105. The largest absolute Gasteiger partial charge is 0.481 e. The van der Waals surface area contributed by atoms with Crippen molar-refractivity contribution in [2.45, 2.75) is 70.3 Å². The lowest BCUT2D eigenvalue weighted by molar-refractivity contribution is -0.139. The number of carbonyl (C=O) groups excluding carboxylic acids is 1. The Morgan fingerprint density at radius 2 is 1.95 bits per heavy atom. The molecule has 5 heteroatoms. The van der Waals surface area contributed by atoms with Crippen LogP contribution in [-0.4, -0.2) is 29.1 Å². The van der Waals surface area contributed by atoms with E-state index in [1.54, 1.807) is 0 Å². The van der Waals surface area contributed by atoms with Gasteiger partial charge in [0.05, 0.1) is 12.0 Å². The van der Waals surface area contributed by atoms with Gasteiger partial charge in [-0.3, -0.25) is 9.59 Å². The van der Waals surface area contributed by atoms with Crippen LogP contribution >= 0.6 is 0 Å². The second kappa shape index (κ2) is 8.25. The molecule has 0 aromatic rings. The number of rotatable bonds is 9. The molecule has 5 nitrogen and oxygen atoms in total. The first-order valence-electron chi connectivity index (χ1n) is 7.74. The van der Waals surface area contributed by atoms with Crippen molar-refractivity contribution in [3.05, 3.63) is 0 Å². The minimum atomic E-state index is -0.832. The van der Waals surface area contributed by atoms with Crippen molar-refractivity contribution in [1.29, 1.82) is 0 Å². The molecule has 1 rings (SSSR count). The Morgan fingerprint density at radius 3 is 2.45 bits per heavy atom. The molecule has 0 spiro atoms. The van der Waals surface area contributed by atoms with Crippen LogP contribution in [0.3, 0.4) is 0 Å². The summed E-state index contributed by atoms with van der Waals surface area (Å²) in [5.74, 6) is -0.352. The van der Waals surface area contributed by atoms with E-state index in [4.69, 9.17) is 10.8 Å². The number of amides is 1. The SMILES string of the molecule is CCC(CCN)CCC(=O)NC1(CC(=O)O)CCCC1. The van der Waals surface area contributed by atoms with Crippen molar-refractivity contribution in [2.24, 2.45) is 11.7 Å². The third kappa shape index (κ3) is 5.49. The van der Waals surface area contributed by atoms with Crippen LogP contribution < -0.4 is 11.1 Å². The number of hydrogen-bond acceptors (Lipinski definition) is 3. The number of nitrogens with two attached hydrogens (primary N) is 1. The molecule has 1 aliphatic rings. The van der Waals surface area contributed by atoms with Gasteiger partial charge in [0.1, 0.15) is 0 Å². The third-order valence-corrected chi connectivity index (χ3v) is 4.39. The van der Waals surface area contributed by atoms with E-state index < -0.39 is 11.5 Å². The highest BCUT2D eigenvalue weighted by atomic mass is 16.4. The molecule has 1 atom stereocenters. The predicted molar refractivity (Wildman–Crippen MR) is 78.3 cm³/mol. The van der Waals surface area contributed by atoms with Gasteiger partial charge in [0.25, 0.3) is 0 Å². The summed E-state index contributed by atoms with van der Waals surface area (Å²) in [6.45, 7) is 2.77. The maximum absolute atomic E-state index is 12.1. The standard InChI is InChI=1S/C15H28N2O3/c1-2-12(7-10-16)5-6-13(18)17-15(11-14(19)20)8-3-4-9-15/h12H,2-11,16H2,1H3,(H,17,18)(H,19,20). The van der Waals surface area contributed by atoms with Gasteiger partial charge in [-0.05, 0) is 38.1 Å². The average molecular weight is 284 g/mol. The summed E-state index contributed by atoms with van der Waals surface area (Å²) in [6.07, 6.45) is 6.89. The van der Waals surface area contributed by atoms with Crippen molar-refractivity contribution in [3.8, 4) is 0 Å². The fraction of sp³-hybridized carbons (Fsp3) is 0.867. The van der Waals surface area contributed by atoms with E-state index in [1.165, 1.54) is 0 Å². The molecule has 0 aromatic carbocycles. The number of carboxylic acid groups (broad SMARTS) is 1. The Balaban J connectivity index is 2.44. The Kier molecular flexibility index (Phi) is 6.99. The van der Waals surface area contributed by atoms with Gasteiger partial charge in [-0.25, -0.2) is 0 Å². The summed E-state index contributed by atoms with van der Waals surface area (Å²) in [7, 11) is 0. The lowest BCUT2D eigenvalue weighted by atomic mass is 9.92. The van der Waals surface area contributed by atoms with E-state index in [2.05, 4.69) is 12.2 Å². The normalized spacial score (nSPS) is 18.7. The molecule has 0 aromatic heterocycles. The van der Waals surface area contributed by atoms with E-state index in [1.807, 2.05) is 0 Å². The van der Waals surface area contributed by atoms with Crippen molar-refractivity contribution < 1.29 is 14.7 Å². The number of carboxylic acids is 1. The quantitative estimate of drug-likeness (QED) is 0.604. The predicted octanol–water partition coefficient (Wildman–Crippen LogP) is 2.05. The average Bonchev–Trinajstić information content (AvgIpc) is 2.81. The first-order valence-corrected chi connectivity index (χ1v) is 7.74. The van der Waals surface area contributed by atoms with Crippen molar-refractivity contribution in [2.75, 3.05) is 6.54 Å². The fourth-order valence-corrected chi connectivity index (χ4v) is 3.17. The number of aliphatic carboxylic acids is 1. The lowest BCUT2D eigenvalue weighted by Crippen LogP contribution is -2.47. The van der Waals surface area contributed by atoms with Crippen LogP contribution in [0.2, 0.25) is 0 Å². The van der Waals surface area contributed by atoms with Crippen LogP contribution in [0.4, 0.5) is 0 Å². The monoisotopic (exact) mass is 284 g/mol. The zero-order valence-corrected chi connectivity index (χ0v) is 12.5. The topological polar surface area (TPSA) is 92.4 Å². The second-order valence-corrected chi connectivity index (χ2v) is 6.00. The van der Waals surface area contributed by atoms with Gasteiger partial charge in [0.2, 0.25) is 5.91 Å². The Bertz CT molecular complexity index is 325. The smallest absolute Gasteiger partial charge is 0.305 e. The molecule has 1 fully saturated rings. The summed E-state index contributed by atoms with van der Waals surface area (Å²) >= 11 is 0. The van der Waals surface area contributed by atoms with Crippen LogP contribution in [0.1, 0.15) is 64.7 Å². The fourth-order valence-electron chi connectivity index (χ4n) is 3.17. The number of hydrogen-bond donors (Lipinski definition) is 3. The van der Waals surface area contributed by atoms with Gasteiger partial charge in [0, 0.05) is 6.42 Å². The highest BCUT2D eigenvalue weighted by molar-refractivity contribution is 5.78. The Labute approximate surface area is 121 Å². The number of nitrogens with one attached hydrogen (secondary N) is 1. The van der Waals surface area contributed by atoms with Crippen LogP contribution in [-0.2, 0) is 9.59 Å². The third-order valence-electron chi connectivity index (χ3n) is 4.39. The molecule has 20 heavy (non-hydrogen) atoms. The maximum Gasteiger partial charge on any atom is 0.305 e. The molecule has 0 heterocycles. The zero-order valence-electron chi connectivity index (χ0n) is 12.5. The summed E-state index contributed by atoms with van der Waals surface area (Å²) < 4.78 is 0. The molecular formula is C15H28N2O3. The summed E-state index contributed by atoms with van der Waals surface area (Å²) in [5, 5.41) is 12.0. The van der Waals surface area contributed by atoms with E-state index >= 15 is 0 Å². The first-order chi connectivity index (χ1) is 9.51. The van der Waals surface area contributed by atoms with E-state index in [-0.39, 0.29) is 12.3 Å². The number of carbonyl (C=O) groups is 2.